The summed E-state index contributed by atoms with van der Waals surface area (Å²) in [4.78, 5) is 10.1. The van der Waals surface area contributed by atoms with Gasteiger partial charge in [-0.25, -0.2) is 8.78 Å². The standard InChI is InChI=1S/C14H14BrF2N7O3/c1-7-11(15)12(13(16)17)21-23(7)8(2)14-20-19-10(27-14)3-4-22-6-9(5-18-22)24(25)26/h5-6,8,13H,3-4H2,1-2H3/t8-/m0/s1. The summed E-state index contributed by atoms with van der Waals surface area (Å²) >= 11 is 3.12. The molecule has 0 aliphatic carbocycles. The van der Waals surface area contributed by atoms with Gasteiger partial charge in [0.2, 0.25) is 11.8 Å². The number of halogens is 3. The fourth-order valence-electron chi connectivity index (χ4n) is 2.46. The molecule has 0 saturated heterocycles. The average molecular weight is 446 g/mol. The summed E-state index contributed by atoms with van der Waals surface area (Å²) in [7, 11) is 0. The smallest absolute Gasteiger partial charge is 0.306 e. The van der Waals surface area contributed by atoms with Gasteiger partial charge in [0.05, 0.1) is 15.1 Å². The van der Waals surface area contributed by atoms with E-state index in [1.165, 1.54) is 15.6 Å². The largest absolute Gasteiger partial charge is 0.423 e. The monoisotopic (exact) mass is 445 g/mol. The minimum Gasteiger partial charge on any atom is -0.423 e. The molecule has 0 spiro atoms. The van der Waals surface area contributed by atoms with Gasteiger partial charge in [0.25, 0.3) is 6.43 Å². The summed E-state index contributed by atoms with van der Waals surface area (Å²) in [5.74, 6) is 0.517. The lowest BCUT2D eigenvalue weighted by molar-refractivity contribution is -0.385. The molecular formula is C14H14BrF2N7O3. The van der Waals surface area contributed by atoms with Crippen LogP contribution >= 0.6 is 15.9 Å². The number of aromatic nitrogens is 6. The summed E-state index contributed by atoms with van der Waals surface area (Å²) in [5.41, 5.74) is 0.0603. The molecule has 3 aromatic heterocycles. The van der Waals surface area contributed by atoms with Crippen LogP contribution in [0.2, 0.25) is 0 Å². The Morgan fingerprint density at radius 3 is 2.74 bits per heavy atom. The predicted molar refractivity (Wildman–Crippen MR) is 90.3 cm³/mol. The summed E-state index contributed by atoms with van der Waals surface area (Å²) < 4.78 is 34.6. The van der Waals surface area contributed by atoms with Crippen molar-refractivity contribution in [1.29, 1.82) is 0 Å². The maximum atomic E-state index is 13.0. The predicted octanol–water partition coefficient (Wildman–Crippen LogP) is 3.23. The lowest BCUT2D eigenvalue weighted by atomic mass is 10.3. The molecule has 144 valence electrons. The van der Waals surface area contributed by atoms with Crippen LogP contribution in [0, 0.1) is 17.0 Å². The maximum Gasteiger partial charge on any atom is 0.306 e. The third-order valence-corrected chi connectivity index (χ3v) is 4.88. The van der Waals surface area contributed by atoms with Crippen LogP contribution in [0.4, 0.5) is 14.5 Å². The van der Waals surface area contributed by atoms with E-state index in [4.69, 9.17) is 4.42 Å². The Labute approximate surface area is 159 Å². The fraction of sp³-hybridized carbons (Fsp3) is 0.429. The highest BCUT2D eigenvalue weighted by atomic mass is 79.9. The molecule has 10 nitrogen and oxygen atoms in total. The van der Waals surface area contributed by atoms with Crippen LogP contribution in [-0.4, -0.2) is 34.7 Å². The fourth-order valence-corrected chi connectivity index (χ4v) is 2.89. The van der Waals surface area contributed by atoms with Gasteiger partial charge in [-0.05, 0) is 29.8 Å². The molecule has 0 aliphatic heterocycles. The molecule has 3 rings (SSSR count). The molecule has 0 amide bonds. The van der Waals surface area contributed by atoms with Crippen LogP contribution in [0.25, 0.3) is 0 Å². The maximum absolute atomic E-state index is 13.0. The molecule has 0 radical (unpaired) electrons. The molecular weight excluding hydrogens is 432 g/mol. The van der Waals surface area contributed by atoms with E-state index in [1.807, 2.05) is 0 Å². The number of aryl methyl sites for hydroxylation is 2. The van der Waals surface area contributed by atoms with Crippen molar-refractivity contribution in [3.05, 3.63) is 50.2 Å². The molecule has 3 heterocycles. The summed E-state index contributed by atoms with van der Waals surface area (Å²) in [6.07, 6.45) is 0.0575. The molecule has 0 bridgehead atoms. The first kappa shape index (κ1) is 19.1. The summed E-state index contributed by atoms with van der Waals surface area (Å²) in [6, 6.07) is -0.541. The van der Waals surface area contributed by atoms with Gasteiger partial charge in [-0.2, -0.15) is 10.2 Å². The molecule has 1 atom stereocenters. The first-order chi connectivity index (χ1) is 12.8. The zero-order valence-electron chi connectivity index (χ0n) is 14.2. The first-order valence-electron chi connectivity index (χ1n) is 7.79. The minimum atomic E-state index is -2.71. The van der Waals surface area contributed by atoms with Gasteiger partial charge in [-0.3, -0.25) is 19.5 Å². The third-order valence-electron chi connectivity index (χ3n) is 3.90. The molecule has 0 N–H and O–H groups in total. The van der Waals surface area contributed by atoms with Crippen molar-refractivity contribution in [2.45, 2.75) is 39.3 Å². The Morgan fingerprint density at radius 1 is 1.41 bits per heavy atom. The zero-order valence-corrected chi connectivity index (χ0v) is 15.8. The van der Waals surface area contributed by atoms with Crippen molar-refractivity contribution in [3.8, 4) is 0 Å². The summed E-state index contributed by atoms with van der Waals surface area (Å²) in [6.45, 7) is 3.67. The number of hydrogen-bond acceptors (Lipinski definition) is 7. The van der Waals surface area contributed by atoms with E-state index in [0.29, 0.717) is 24.6 Å². The third kappa shape index (κ3) is 3.86. The van der Waals surface area contributed by atoms with Crippen molar-refractivity contribution in [2.75, 3.05) is 0 Å². The van der Waals surface area contributed by atoms with Crippen molar-refractivity contribution in [3.63, 3.8) is 0 Å². The van der Waals surface area contributed by atoms with Crippen LogP contribution in [0.3, 0.4) is 0 Å². The Morgan fingerprint density at radius 2 is 2.15 bits per heavy atom. The van der Waals surface area contributed by atoms with Gasteiger partial charge in [0, 0.05) is 13.0 Å². The minimum absolute atomic E-state index is 0.107. The second-order valence-electron chi connectivity index (χ2n) is 5.71. The van der Waals surface area contributed by atoms with Crippen LogP contribution < -0.4 is 0 Å². The Balaban J connectivity index is 1.71. The van der Waals surface area contributed by atoms with Crippen molar-refractivity contribution in [2.24, 2.45) is 0 Å². The number of rotatable bonds is 7. The van der Waals surface area contributed by atoms with Crippen LogP contribution in [-0.2, 0) is 13.0 Å². The van der Waals surface area contributed by atoms with Crippen molar-refractivity contribution < 1.29 is 18.1 Å². The van der Waals surface area contributed by atoms with Gasteiger partial charge in [0.15, 0.2) is 0 Å². The Kier molecular flexibility index (Phi) is 5.30. The average Bonchev–Trinajstić information content (AvgIpc) is 3.33. The normalized spacial score (nSPS) is 12.7. The van der Waals surface area contributed by atoms with Crippen LogP contribution in [0.1, 0.15) is 42.6 Å². The van der Waals surface area contributed by atoms with E-state index in [9.17, 15) is 18.9 Å². The first-order valence-corrected chi connectivity index (χ1v) is 8.59. The molecule has 27 heavy (non-hydrogen) atoms. The highest BCUT2D eigenvalue weighted by Gasteiger charge is 2.25. The van der Waals surface area contributed by atoms with E-state index < -0.39 is 17.4 Å². The highest BCUT2D eigenvalue weighted by Crippen LogP contribution is 2.31. The van der Waals surface area contributed by atoms with Gasteiger partial charge in [-0.1, -0.05) is 0 Å². The molecule has 0 aromatic carbocycles. The molecule has 0 unspecified atom stereocenters. The second-order valence-corrected chi connectivity index (χ2v) is 6.50. The second kappa shape index (κ2) is 7.50. The van der Waals surface area contributed by atoms with Gasteiger partial charge < -0.3 is 4.42 Å². The number of nitro groups is 1. The van der Waals surface area contributed by atoms with Crippen LogP contribution in [0.5, 0.6) is 0 Å². The van der Waals surface area contributed by atoms with E-state index in [2.05, 4.69) is 36.3 Å². The SMILES string of the molecule is Cc1c(Br)c(C(F)F)nn1[C@@H](C)c1nnc(CCn2cc([N+](=O)[O-])cn2)o1. The van der Waals surface area contributed by atoms with Gasteiger partial charge in [0.1, 0.15) is 24.1 Å². The highest BCUT2D eigenvalue weighted by molar-refractivity contribution is 9.10. The Bertz CT molecular complexity index is 968. The van der Waals surface area contributed by atoms with E-state index in [1.54, 1.807) is 13.8 Å². The topological polar surface area (TPSA) is 118 Å². The Hall–Kier alpha value is -2.70. The van der Waals surface area contributed by atoms with E-state index >= 15 is 0 Å². The van der Waals surface area contributed by atoms with E-state index in [0.717, 1.165) is 6.20 Å². The zero-order chi connectivity index (χ0) is 19.7. The van der Waals surface area contributed by atoms with E-state index in [-0.39, 0.29) is 21.7 Å². The lowest BCUT2D eigenvalue weighted by Crippen LogP contribution is -2.11. The summed E-state index contributed by atoms with van der Waals surface area (Å²) in [5, 5.41) is 26.3. The molecule has 0 saturated carbocycles. The van der Waals surface area contributed by atoms with Gasteiger partial charge in [-0.15, -0.1) is 10.2 Å². The lowest BCUT2D eigenvalue weighted by Gasteiger charge is -2.09. The number of hydrogen-bond donors (Lipinski definition) is 0. The van der Waals surface area contributed by atoms with Crippen molar-refractivity contribution >= 4 is 21.6 Å². The van der Waals surface area contributed by atoms with Crippen molar-refractivity contribution in [1.82, 2.24) is 29.8 Å². The molecule has 0 fully saturated rings. The molecule has 3 aromatic rings. The molecule has 0 aliphatic rings. The van der Waals surface area contributed by atoms with Gasteiger partial charge >= 0.3 is 5.69 Å². The number of nitrogens with zero attached hydrogens (tertiary/aromatic N) is 7. The van der Waals surface area contributed by atoms with Crippen LogP contribution in [0.15, 0.2) is 21.3 Å². The molecule has 13 heteroatoms. The quantitative estimate of drug-likeness (QED) is 0.404. The number of alkyl halides is 2.